The first-order chi connectivity index (χ1) is 7.91. The molecule has 17 heavy (non-hydrogen) atoms. The van der Waals surface area contributed by atoms with Crippen molar-refractivity contribution in [3.63, 3.8) is 0 Å². The Hall–Kier alpha value is -1.14. The van der Waals surface area contributed by atoms with Crippen molar-refractivity contribution in [2.45, 2.75) is 18.2 Å². The molecule has 0 fully saturated rings. The van der Waals surface area contributed by atoms with E-state index in [1.165, 1.54) is 6.26 Å². The first-order valence-electron chi connectivity index (χ1n) is 5.26. The van der Waals surface area contributed by atoms with Crippen LogP contribution in [0.3, 0.4) is 0 Å². The summed E-state index contributed by atoms with van der Waals surface area (Å²) in [6.45, 7) is 1.66. The summed E-state index contributed by atoms with van der Waals surface area (Å²) in [6, 6.07) is 3.13. The first-order valence-corrected chi connectivity index (χ1v) is 7.22. The second-order valence-electron chi connectivity index (χ2n) is 3.89. The molecule has 1 aromatic rings. The predicted octanol–water partition coefficient (Wildman–Crippen LogP) is 0.784. The van der Waals surface area contributed by atoms with Gasteiger partial charge in [0.2, 0.25) is 0 Å². The molecule has 96 valence electrons. The van der Waals surface area contributed by atoms with Crippen molar-refractivity contribution in [1.82, 2.24) is 10.3 Å². The molecule has 5 nitrogen and oxygen atoms in total. The largest absolute Gasteiger partial charge is 0.495 e. The standard InChI is InChI=1S/C11H18N2O3S/c1-8(17(4,14)15)10(12-2)11-9(16-3)6-5-7-13-11/h5-8,10,12H,1-4H3. The van der Waals surface area contributed by atoms with Crippen LogP contribution in [0.25, 0.3) is 0 Å². The maximum absolute atomic E-state index is 11.6. The molecule has 6 heteroatoms. The maximum atomic E-state index is 11.6. The highest BCUT2D eigenvalue weighted by molar-refractivity contribution is 7.91. The van der Waals surface area contributed by atoms with Crippen LogP contribution in [0.2, 0.25) is 0 Å². The minimum absolute atomic E-state index is 0.388. The molecular formula is C11H18N2O3S. The average molecular weight is 258 g/mol. The monoisotopic (exact) mass is 258 g/mol. The quantitative estimate of drug-likeness (QED) is 0.845. The van der Waals surface area contributed by atoms with Gasteiger partial charge in [0.25, 0.3) is 0 Å². The van der Waals surface area contributed by atoms with Crippen molar-refractivity contribution in [2.75, 3.05) is 20.4 Å². The Bertz CT molecular complexity index is 473. The Labute approximate surface area is 102 Å². The summed E-state index contributed by atoms with van der Waals surface area (Å²) in [4.78, 5) is 4.20. The number of hydrogen-bond donors (Lipinski definition) is 1. The molecule has 0 amide bonds. The van der Waals surface area contributed by atoms with E-state index in [1.807, 2.05) is 0 Å². The van der Waals surface area contributed by atoms with Crippen LogP contribution in [0, 0.1) is 0 Å². The summed E-state index contributed by atoms with van der Waals surface area (Å²) in [5.41, 5.74) is 0.607. The number of sulfone groups is 1. The van der Waals surface area contributed by atoms with Crippen molar-refractivity contribution in [3.8, 4) is 5.75 Å². The molecule has 1 heterocycles. The Balaban J connectivity index is 3.18. The maximum Gasteiger partial charge on any atom is 0.151 e. The van der Waals surface area contributed by atoms with Gasteiger partial charge >= 0.3 is 0 Å². The van der Waals surface area contributed by atoms with Crippen molar-refractivity contribution >= 4 is 9.84 Å². The van der Waals surface area contributed by atoms with E-state index in [1.54, 1.807) is 39.4 Å². The van der Waals surface area contributed by atoms with Crippen LogP contribution in [0.4, 0.5) is 0 Å². The predicted molar refractivity (Wildman–Crippen MR) is 66.9 cm³/mol. The van der Waals surface area contributed by atoms with E-state index in [9.17, 15) is 8.42 Å². The lowest BCUT2D eigenvalue weighted by atomic mass is 10.1. The smallest absolute Gasteiger partial charge is 0.151 e. The Morgan fingerprint density at radius 2 is 2.12 bits per heavy atom. The van der Waals surface area contributed by atoms with Crippen LogP contribution >= 0.6 is 0 Å². The summed E-state index contributed by atoms with van der Waals surface area (Å²) >= 11 is 0. The third kappa shape index (κ3) is 3.17. The van der Waals surface area contributed by atoms with E-state index in [0.29, 0.717) is 11.4 Å². The fraction of sp³-hybridized carbons (Fsp3) is 0.545. The van der Waals surface area contributed by atoms with E-state index in [2.05, 4.69) is 10.3 Å². The minimum atomic E-state index is -3.15. The highest BCUT2D eigenvalue weighted by atomic mass is 32.2. The number of pyridine rings is 1. The lowest BCUT2D eigenvalue weighted by Crippen LogP contribution is -2.33. The van der Waals surface area contributed by atoms with Crippen molar-refractivity contribution in [2.24, 2.45) is 0 Å². The fourth-order valence-corrected chi connectivity index (χ4v) is 2.41. The van der Waals surface area contributed by atoms with Gasteiger partial charge in [0, 0.05) is 12.5 Å². The van der Waals surface area contributed by atoms with Gasteiger partial charge in [0.1, 0.15) is 11.4 Å². The summed E-state index contributed by atoms with van der Waals surface area (Å²) < 4.78 is 28.4. The number of nitrogens with one attached hydrogen (secondary N) is 1. The number of nitrogens with zero attached hydrogens (tertiary/aromatic N) is 1. The van der Waals surface area contributed by atoms with Gasteiger partial charge in [0.15, 0.2) is 9.84 Å². The van der Waals surface area contributed by atoms with Crippen molar-refractivity contribution in [3.05, 3.63) is 24.0 Å². The highest BCUT2D eigenvalue weighted by Gasteiger charge is 2.29. The van der Waals surface area contributed by atoms with Crippen molar-refractivity contribution < 1.29 is 13.2 Å². The second-order valence-corrected chi connectivity index (χ2v) is 6.29. The van der Waals surface area contributed by atoms with Crippen molar-refractivity contribution in [1.29, 1.82) is 0 Å². The minimum Gasteiger partial charge on any atom is -0.495 e. The molecule has 0 radical (unpaired) electrons. The van der Waals surface area contributed by atoms with Gasteiger partial charge in [-0.1, -0.05) is 0 Å². The molecule has 1 N–H and O–H groups in total. The molecule has 1 aromatic heterocycles. The topological polar surface area (TPSA) is 68.3 Å². The molecule has 0 bridgehead atoms. The van der Waals surface area contributed by atoms with Gasteiger partial charge in [0.05, 0.1) is 18.4 Å². The Kier molecular flexibility index (Phi) is 4.47. The SMILES string of the molecule is CNC(c1ncccc1OC)C(C)S(C)(=O)=O. The number of aromatic nitrogens is 1. The van der Waals surface area contributed by atoms with Crippen LogP contribution in [0.15, 0.2) is 18.3 Å². The molecule has 0 aliphatic carbocycles. The molecule has 2 unspecified atom stereocenters. The van der Waals surface area contributed by atoms with Crippen LogP contribution in [-0.4, -0.2) is 39.1 Å². The van der Waals surface area contributed by atoms with Crippen LogP contribution in [0.1, 0.15) is 18.7 Å². The zero-order valence-corrected chi connectivity index (χ0v) is 11.3. The van der Waals surface area contributed by atoms with Gasteiger partial charge in [-0.15, -0.1) is 0 Å². The van der Waals surface area contributed by atoms with Gasteiger partial charge in [-0.05, 0) is 26.1 Å². The van der Waals surface area contributed by atoms with Gasteiger partial charge in [-0.25, -0.2) is 8.42 Å². The molecule has 0 aliphatic heterocycles. The van der Waals surface area contributed by atoms with Gasteiger partial charge < -0.3 is 10.1 Å². The van der Waals surface area contributed by atoms with E-state index in [0.717, 1.165) is 0 Å². The average Bonchev–Trinajstić information content (AvgIpc) is 2.29. The Morgan fingerprint density at radius 3 is 2.59 bits per heavy atom. The Morgan fingerprint density at radius 1 is 1.47 bits per heavy atom. The summed E-state index contributed by atoms with van der Waals surface area (Å²) in [5.74, 6) is 0.586. The molecule has 0 saturated heterocycles. The van der Waals surface area contributed by atoms with Crippen LogP contribution in [-0.2, 0) is 9.84 Å². The lowest BCUT2D eigenvalue weighted by molar-refractivity contribution is 0.395. The van der Waals surface area contributed by atoms with E-state index in [-0.39, 0.29) is 6.04 Å². The molecule has 0 aliphatic rings. The lowest BCUT2D eigenvalue weighted by Gasteiger charge is -2.23. The second kappa shape index (κ2) is 5.46. The fourth-order valence-electron chi connectivity index (χ4n) is 1.65. The molecule has 1 rings (SSSR count). The first kappa shape index (κ1) is 13.9. The van der Waals surface area contributed by atoms with Gasteiger partial charge in [-0.3, -0.25) is 4.98 Å². The van der Waals surface area contributed by atoms with E-state index >= 15 is 0 Å². The molecule has 0 aromatic carbocycles. The molecular weight excluding hydrogens is 240 g/mol. The zero-order chi connectivity index (χ0) is 13.1. The number of hydrogen-bond acceptors (Lipinski definition) is 5. The third-order valence-electron chi connectivity index (χ3n) is 2.77. The van der Waals surface area contributed by atoms with Crippen LogP contribution in [0.5, 0.6) is 5.75 Å². The number of ether oxygens (including phenoxy) is 1. The third-order valence-corrected chi connectivity index (χ3v) is 4.39. The zero-order valence-electron chi connectivity index (χ0n) is 10.5. The molecule has 0 saturated carbocycles. The molecule has 0 spiro atoms. The van der Waals surface area contributed by atoms with Crippen LogP contribution < -0.4 is 10.1 Å². The van der Waals surface area contributed by atoms with E-state index in [4.69, 9.17) is 4.74 Å². The van der Waals surface area contributed by atoms with E-state index < -0.39 is 15.1 Å². The number of methoxy groups -OCH3 is 1. The summed E-state index contributed by atoms with van der Waals surface area (Å²) in [5, 5.41) is 2.40. The normalized spacial score (nSPS) is 15.3. The summed E-state index contributed by atoms with van der Waals surface area (Å²) in [7, 11) is 0.103. The summed E-state index contributed by atoms with van der Waals surface area (Å²) in [6.07, 6.45) is 2.84. The molecule has 2 atom stereocenters. The number of rotatable bonds is 5. The van der Waals surface area contributed by atoms with Gasteiger partial charge in [-0.2, -0.15) is 0 Å². The highest BCUT2D eigenvalue weighted by Crippen LogP contribution is 2.27.